The molecular weight excluding hydrogens is 376 g/mol. The highest BCUT2D eigenvalue weighted by molar-refractivity contribution is 6.30. The minimum Gasteiger partial charge on any atom is -0.497 e. The van der Waals surface area contributed by atoms with Crippen LogP contribution in [0.4, 0.5) is 11.5 Å². The van der Waals surface area contributed by atoms with Crippen LogP contribution >= 0.6 is 11.6 Å². The fourth-order valence-corrected chi connectivity index (χ4v) is 2.89. The lowest BCUT2D eigenvalue weighted by Gasteiger charge is -2.09. The van der Waals surface area contributed by atoms with Gasteiger partial charge in [-0.2, -0.15) is 0 Å². The van der Waals surface area contributed by atoms with Crippen LogP contribution in [0.1, 0.15) is 21.6 Å². The molecular formula is C21H21ClN4O2. The van der Waals surface area contributed by atoms with Crippen molar-refractivity contribution in [3.63, 3.8) is 0 Å². The highest BCUT2D eigenvalue weighted by Crippen LogP contribution is 2.22. The number of aromatic nitrogens is 2. The number of anilines is 2. The van der Waals surface area contributed by atoms with Crippen LogP contribution < -0.4 is 15.4 Å². The summed E-state index contributed by atoms with van der Waals surface area (Å²) >= 11 is 5.96. The third-order valence-corrected chi connectivity index (χ3v) is 4.42. The molecule has 0 saturated heterocycles. The van der Waals surface area contributed by atoms with Crippen LogP contribution in [0, 0.1) is 6.92 Å². The summed E-state index contributed by atoms with van der Waals surface area (Å²) in [5, 5.41) is 14.8. The Balaban J connectivity index is 1.54. The molecule has 0 radical (unpaired) electrons. The number of halogens is 1. The van der Waals surface area contributed by atoms with Crippen molar-refractivity contribution in [1.29, 1.82) is 0 Å². The zero-order valence-electron chi connectivity index (χ0n) is 15.7. The van der Waals surface area contributed by atoms with Crippen molar-refractivity contribution in [2.75, 3.05) is 19.0 Å². The Kier molecular flexibility index (Phi) is 6.45. The largest absolute Gasteiger partial charge is 0.497 e. The van der Waals surface area contributed by atoms with Crippen LogP contribution in [0.3, 0.4) is 0 Å². The maximum Gasteiger partial charge on any atom is 0.271 e. The van der Waals surface area contributed by atoms with E-state index in [0.717, 1.165) is 22.6 Å². The molecule has 0 fully saturated rings. The van der Waals surface area contributed by atoms with Gasteiger partial charge in [0.25, 0.3) is 5.91 Å². The van der Waals surface area contributed by atoms with Crippen LogP contribution in [0.2, 0.25) is 5.02 Å². The molecule has 3 rings (SSSR count). The molecule has 0 unspecified atom stereocenters. The highest BCUT2D eigenvalue weighted by Gasteiger charge is 2.09. The van der Waals surface area contributed by atoms with E-state index in [1.54, 1.807) is 25.3 Å². The van der Waals surface area contributed by atoms with E-state index in [1.807, 2.05) is 43.3 Å². The molecule has 28 heavy (non-hydrogen) atoms. The van der Waals surface area contributed by atoms with Crippen molar-refractivity contribution in [1.82, 2.24) is 15.5 Å². The average Bonchev–Trinajstić information content (AvgIpc) is 2.71. The molecule has 6 nitrogen and oxygen atoms in total. The summed E-state index contributed by atoms with van der Waals surface area (Å²) in [6, 6.07) is 16.7. The lowest BCUT2D eigenvalue weighted by molar-refractivity contribution is 0.0948. The number of carbonyl (C=O) groups is 1. The molecule has 0 aliphatic carbocycles. The quantitative estimate of drug-likeness (QED) is 0.627. The molecule has 0 aliphatic rings. The molecule has 0 atom stereocenters. The van der Waals surface area contributed by atoms with Crippen LogP contribution in [0.15, 0.2) is 54.6 Å². The van der Waals surface area contributed by atoms with E-state index >= 15 is 0 Å². The number of ether oxygens (including phenoxy) is 1. The topological polar surface area (TPSA) is 76.1 Å². The predicted octanol–water partition coefficient (Wildman–Crippen LogP) is 4.16. The SMILES string of the molecule is COc1cccc(CCNC(=O)c2ccc(Nc3ccc(Cl)cc3C)nn2)c1. The van der Waals surface area contributed by atoms with E-state index < -0.39 is 0 Å². The first-order valence-electron chi connectivity index (χ1n) is 8.83. The number of carbonyl (C=O) groups excluding carboxylic acids is 1. The second-order valence-corrected chi connectivity index (χ2v) is 6.68. The molecule has 1 amide bonds. The molecule has 144 valence electrons. The van der Waals surface area contributed by atoms with E-state index in [1.165, 1.54) is 0 Å². The Morgan fingerprint density at radius 3 is 2.68 bits per heavy atom. The van der Waals surface area contributed by atoms with Crippen molar-refractivity contribution in [3.05, 3.63) is 76.4 Å². The lowest BCUT2D eigenvalue weighted by atomic mass is 10.1. The average molecular weight is 397 g/mol. The minimum atomic E-state index is -0.260. The summed E-state index contributed by atoms with van der Waals surface area (Å²) in [6.07, 6.45) is 0.700. The summed E-state index contributed by atoms with van der Waals surface area (Å²) in [4.78, 5) is 12.2. The van der Waals surface area contributed by atoms with Crippen molar-refractivity contribution < 1.29 is 9.53 Å². The van der Waals surface area contributed by atoms with E-state index in [0.29, 0.717) is 23.8 Å². The Morgan fingerprint density at radius 1 is 1.11 bits per heavy atom. The first-order valence-corrected chi connectivity index (χ1v) is 9.21. The number of aryl methyl sites for hydroxylation is 1. The van der Waals surface area contributed by atoms with Gasteiger partial charge in [-0.1, -0.05) is 23.7 Å². The molecule has 0 spiro atoms. The number of benzene rings is 2. The van der Waals surface area contributed by atoms with Crippen molar-refractivity contribution >= 4 is 29.0 Å². The fourth-order valence-electron chi connectivity index (χ4n) is 2.66. The maximum absolute atomic E-state index is 12.2. The molecule has 3 aromatic rings. The lowest BCUT2D eigenvalue weighted by Crippen LogP contribution is -2.26. The van der Waals surface area contributed by atoms with Gasteiger partial charge in [0.1, 0.15) is 5.75 Å². The van der Waals surface area contributed by atoms with E-state index in [4.69, 9.17) is 16.3 Å². The molecule has 1 aromatic heterocycles. The third-order valence-electron chi connectivity index (χ3n) is 4.18. The fraction of sp³-hybridized carbons (Fsp3) is 0.190. The maximum atomic E-state index is 12.2. The van der Waals surface area contributed by atoms with E-state index in [2.05, 4.69) is 20.8 Å². The number of hydrogen-bond acceptors (Lipinski definition) is 5. The summed E-state index contributed by atoms with van der Waals surface area (Å²) < 4.78 is 5.20. The standard InChI is InChI=1S/C21H21ClN4O2/c1-14-12-16(22)6-7-18(14)24-20-9-8-19(25-26-20)21(27)23-11-10-15-4-3-5-17(13-15)28-2/h3-9,12-13H,10-11H2,1-2H3,(H,23,27)(H,24,26). The number of nitrogens with zero attached hydrogens (tertiary/aromatic N) is 2. The van der Waals surface area contributed by atoms with Crippen LogP contribution in [0.5, 0.6) is 5.75 Å². The summed E-state index contributed by atoms with van der Waals surface area (Å²) in [5.41, 5.74) is 3.23. The van der Waals surface area contributed by atoms with Gasteiger partial charge in [0, 0.05) is 17.3 Å². The van der Waals surface area contributed by atoms with Gasteiger partial charge < -0.3 is 15.4 Å². The van der Waals surface area contributed by atoms with Gasteiger partial charge in [-0.25, -0.2) is 0 Å². The van der Waals surface area contributed by atoms with Crippen molar-refractivity contribution in [2.24, 2.45) is 0 Å². The van der Waals surface area contributed by atoms with Gasteiger partial charge in [0.2, 0.25) is 0 Å². The Labute approximate surface area is 168 Å². The first-order chi connectivity index (χ1) is 13.5. The first kappa shape index (κ1) is 19.6. The summed E-state index contributed by atoms with van der Waals surface area (Å²) in [5.74, 6) is 1.09. The van der Waals surface area contributed by atoms with E-state index in [9.17, 15) is 4.79 Å². The van der Waals surface area contributed by atoms with Gasteiger partial charge in [-0.15, -0.1) is 10.2 Å². The molecule has 1 heterocycles. The smallest absolute Gasteiger partial charge is 0.271 e. The normalized spacial score (nSPS) is 10.4. The number of hydrogen-bond donors (Lipinski definition) is 2. The van der Waals surface area contributed by atoms with Crippen molar-refractivity contribution in [2.45, 2.75) is 13.3 Å². The van der Waals surface area contributed by atoms with Gasteiger partial charge >= 0.3 is 0 Å². The minimum absolute atomic E-state index is 0.260. The van der Waals surface area contributed by atoms with E-state index in [-0.39, 0.29) is 11.6 Å². The second kappa shape index (κ2) is 9.19. The number of amides is 1. The molecule has 2 N–H and O–H groups in total. The van der Waals surface area contributed by atoms with Crippen molar-refractivity contribution in [3.8, 4) is 5.75 Å². The number of rotatable bonds is 7. The number of nitrogens with one attached hydrogen (secondary N) is 2. The highest BCUT2D eigenvalue weighted by atomic mass is 35.5. The second-order valence-electron chi connectivity index (χ2n) is 6.25. The number of methoxy groups -OCH3 is 1. The molecule has 0 bridgehead atoms. The van der Waals surface area contributed by atoms with Gasteiger partial charge in [-0.05, 0) is 66.9 Å². The molecule has 7 heteroatoms. The Bertz CT molecular complexity index is 961. The Hall–Kier alpha value is -3.12. The van der Waals surface area contributed by atoms with Crippen LogP contribution in [-0.2, 0) is 6.42 Å². The Morgan fingerprint density at radius 2 is 1.96 bits per heavy atom. The van der Waals surface area contributed by atoms with Crippen LogP contribution in [0.25, 0.3) is 0 Å². The van der Waals surface area contributed by atoms with Crippen LogP contribution in [-0.4, -0.2) is 29.8 Å². The zero-order chi connectivity index (χ0) is 19.9. The van der Waals surface area contributed by atoms with Gasteiger partial charge in [0.05, 0.1) is 7.11 Å². The van der Waals surface area contributed by atoms with Gasteiger partial charge in [0.15, 0.2) is 11.5 Å². The van der Waals surface area contributed by atoms with Gasteiger partial charge in [-0.3, -0.25) is 4.79 Å². The molecule has 0 saturated carbocycles. The zero-order valence-corrected chi connectivity index (χ0v) is 16.5. The predicted molar refractivity (Wildman–Crippen MR) is 111 cm³/mol. The molecule has 2 aromatic carbocycles. The summed E-state index contributed by atoms with van der Waals surface area (Å²) in [7, 11) is 1.63. The third kappa shape index (κ3) is 5.20. The molecule has 0 aliphatic heterocycles. The monoisotopic (exact) mass is 396 g/mol. The summed E-state index contributed by atoms with van der Waals surface area (Å²) in [6.45, 7) is 2.45.